The first-order chi connectivity index (χ1) is 9.83. The van der Waals surface area contributed by atoms with E-state index in [0.717, 1.165) is 6.42 Å². The second-order valence-electron chi connectivity index (χ2n) is 3.95. The SMILES string of the molecule is CCCOc1ccc(C(=O)O)c(OCCSC(F)(F)F)c1. The molecule has 0 radical (unpaired) electrons. The highest BCUT2D eigenvalue weighted by atomic mass is 32.2. The first-order valence-electron chi connectivity index (χ1n) is 6.17. The largest absolute Gasteiger partial charge is 0.493 e. The average molecular weight is 324 g/mol. The lowest BCUT2D eigenvalue weighted by atomic mass is 10.2. The van der Waals surface area contributed by atoms with Crippen LogP contribution in [-0.2, 0) is 0 Å². The van der Waals surface area contributed by atoms with Crippen molar-refractivity contribution in [3.8, 4) is 11.5 Å². The highest BCUT2D eigenvalue weighted by molar-refractivity contribution is 8.00. The predicted molar refractivity (Wildman–Crippen MR) is 73.2 cm³/mol. The predicted octanol–water partition coefficient (Wildman–Crippen LogP) is 3.81. The minimum absolute atomic E-state index is 0.00104. The molecule has 8 heteroatoms. The summed E-state index contributed by atoms with van der Waals surface area (Å²) in [5, 5.41) is 9.01. The molecule has 0 amide bonds. The van der Waals surface area contributed by atoms with Crippen molar-refractivity contribution in [2.75, 3.05) is 19.0 Å². The summed E-state index contributed by atoms with van der Waals surface area (Å²) in [5.41, 5.74) is -4.44. The van der Waals surface area contributed by atoms with Gasteiger partial charge in [-0.3, -0.25) is 0 Å². The standard InChI is InChI=1S/C13H15F3O4S/c1-2-5-19-9-3-4-10(12(17)18)11(8-9)20-6-7-21-13(14,15)16/h3-4,8H,2,5-7H2,1H3,(H,17,18). The molecule has 118 valence electrons. The van der Waals surface area contributed by atoms with Gasteiger partial charge in [-0.2, -0.15) is 13.2 Å². The normalized spacial score (nSPS) is 11.2. The zero-order valence-electron chi connectivity index (χ0n) is 11.3. The summed E-state index contributed by atoms with van der Waals surface area (Å²) in [4.78, 5) is 11.0. The minimum atomic E-state index is -4.33. The van der Waals surface area contributed by atoms with Crippen LogP contribution >= 0.6 is 11.8 Å². The van der Waals surface area contributed by atoms with Crippen LogP contribution in [0.25, 0.3) is 0 Å². The monoisotopic (exact) mass is 324 g/mol. The van der Waals surface area contributed by atoms with Gasteiger partial charge in [0.05, 0.1) is 13.2 Å². The van der Waals surface area contributed by atoms with E-state index >= 15 is 0 Å². The molecule has 0 heterocycles. The van der Waals surface area contributed by atoms with Gasteiger partial charge in [0.25, 0.3) is 0 Å². The Kier molecular flexibility index (Phi) is 6.67. The van der Waals surface area contributed by atoms with Crippen LogP contribution in [0.1, 0.15) is 23.7 Å². The number of carboxylic acids is 1. The number of thioether (sulfide) groups is 1. The van der Waals surface area contributed by atoms with Crippen molar-refractivity contribution in [3.05, 3.63) is 23.8 Å². The maximum absolute atomic E-state index is 12.0. The Morgan fingerprint density at radius 3 is 2.57 bits per heavy atom. The van der Waals surface area contributed by atoms with Gasteiger partial charge in [-0.05, 0) is 30.3 Å². The minimum Gasteiger partial charge on any atom is -0.493 e. The Morgan fingerprint density at radius 1 is 1.29 bits per heavy atom. The lowest BCUT2D eigenvalue weighted by Crippen LogP contribution is -2.10. The van der Waals surface area contributed by atoms with Crippen LogP contribution in [0.3, 0.4) is 0 Å². The van der Waals surface area contributed by atoms with Crippen LogP contribution < -0.4 is 9.47 Å². The molecule has 21 heavy (non-hydrogen) atoms. The number of ether oxygens (including phenoxy) is 2. The molecule has 0 aromatic heterocycles. The molecule has 0 aliphatic heterocycles. The van der Waals surface area contributed by atoms with Crippen molar-refractivity contribution >= 4 is 17.7 Å². The fraction of sp³-hybridized carbons (Fsp3) is 0.462. The average Bonchev–Trinajstić information content (AvgIpc) is 2.40. The Hall–Kier alpha value is -1.57. The molecule has 0 spiro atoms. The summed E-state index contributed by atoms with van der Waals surface area (Å²) in [7, 11) is 0. The topological polar surface area (TPSA) is 55.8 Å². The van der Waals surface area contributed by atoms with E-state index in [2.05, 4.69) is 0 Å². The van der Waals surface area contributed by atoms with Gasteiger partial charge in [-0.25, -0.2) is 4.79 Å². The van der Waals surface area contributed by atoms with E-state index in [9.17, 15) is 18.0 Å². The van der Waals surface area contributed by atoms with Crippen molar-refractivity contribution in [1.82, 2.24) is 0 Å². The molecule has 0 aliphatic rings. The van der Waals surface area contributed by atoms with Gasteiger partial charge in [0.2, 0.25) is 0 Å². The number of hydrogen-bond acceptors (Lipinski definition) is 4. The van der Waals surface area contributed by atoms with Gasteiger partial charge in [-0.15, -0.1) is 0 Å². The van der Waals surface area contributed by atoms with Crippen LogP contribution in [0.2, 0.25) is 0 Å². The molecule has 1 aromatic rings. The zero-order valence-corrected chi connectivity index (χ0v) is 12.1. The van der Waals surface area contributed by atoms with Crippen LogP contribution in [0.5, 0.6) is 11.5 Å². The first-order valence-corrected chi connectivity index (χ1v) is 7.15. The summed E-state index contributed by atoms with van der Waals surface area (Å²) in [5.74, 6) is -1.11. The molecule has 0 atom stereocenters. The van der Waals surface area contributed by atoms with Gasteiger partial charge in [0.1, 0.15) is 17.1 Å². The summed E-state index contributed by atoms with van der Waals surface area (Å²) < 4.78 is 46.4. The van der Waals surface area contributed by atoms with Crippen molar-refractivity contribution in [1.29, 1.82) is 0 Å². The number of hydrogen-bond donors (Lipinski definition) is 1. The third-order valence-corrected chi connectivity index (χ3v) is 2.96. The van der Waals surface area contributed by atoms with Gasteiger partial charge < -0.3 is 14.6 Å². The van der Waals surface area contributed by atoms with Crippen molar-refractivity contribution in [2.45, 2.75) is 18.9 Å². The number of carboxylic acid groups (broad SMARTS) is 1. The summed E-state index contributed by atoms with van der Waals surface area (Å²) in [6, 6.07) is 4.16. The molecule has 0 unspecified atom stereocenters. The van der Waals surface area contributed by atoms with Gasteiger partial charge in [0, 0.05) is 11.8 Å². The zero-order chi connectivity index (χ0) is 15.9. The van der Waals surface area contributed by atoms with Crippen LogP contribution in [0.4, 0.5) is 13.2 Å². The maximum Gasteiger partial charge on any atom is 0.441 e. The molecule has 4 nitrogen and oxygen atoms in total. The molecule has 1 rings (SSSR count). The highest BCUT2D eigenvalue weighted by Crippen LogP contribution is 2.30. The molecule has 0 bridgehead atoms. The van der Waals surface area contributed by atoms with Crippen molar-refractivity contribution in [2.24, 2.45) is 0 Å². The Morgan fingerprint density at radius 2 is 2.00 bits per heavy atom. The fourth-order valence-electron chi connectivity index (χ4n) is 1.42. The number of carbonyl (C=O) groups is 1. The fourth-order valence-corrected chi connectivity index (χ4v) is 1.82. The first kappa shape index (κ1) is 17.5. The van der Waals surface area contributed by atoms with Gasteiger partial charge in [-0.1, -0.05) is 6.92 Å². The second-order valence-corrected chi connectivity index (χ2v) is 5.11. The maximum atomic E-state index is 12.0. The molecule has 1 N–H and O–H groups in total. The van der Waals surface area contributed by atoms with E-state index in [1.165, 1.54) is 18.2 Å². The molecular formula is C13H15F3O4S. The van der Waals surface area contributed by atoms with Crippen LogP contribution in [0.15, 0.2) is 18.2 Å². The molecule has 0 saturated carbocycles. The number of alkyl halides is 3. The Labute approximate surface area is 124 Å². The number of rotatable bonds is 8. The molecule has 0 saturated heterocycles. The number of benzene rings is 1. The van der Waals surface area contributed by atoms with Crippen molar-refractivity contribution < 1.29 is 32.5 Å². The third kappa shape index (κ3) is 6.61. The lowest BCUT2D eigenvalue weighted by Gasteiger charge is -2.12. The van der Waals surface area contributed by atoms with E-state index in [4.69, 9.17) is 14.6 Å². The Balaban J connectivity index is 2.69. The number of aromatic carboxylic acids is 1. The van der Waals surface area contributed by atoms with Gasteiger partial charge >= 0.3 is 11.5 Å². The van der Waals surface area contributed by atoms with E-state index in [-0.39, 0.29) is 35.4 Å². The number of halogens is 3. The van der Waals surface area contributed by atoms with Crippen LogP contribution in [0, 0.1) is 0 Å². The van der Waals surface area contributed by atoms with Crippen LogP contribution in [-0.4, -0.2) is 35.6 Å². The highest BCUT2D eigenvalue weighted by Gasteiger charge is 2.27. The Bertz CT molecular complexity index is 477. The summed E-state index contributed by atoms with van der Waals surface area (Å²) in [6.07, 6.45) is 0.777. The van der Waals surface area contributed by atoms with E-state index in [0.29, 0.717) is 12.4 Å². The van der Waals surface area contributed by atoms with E-state index in [1.54, 1.807) is 0 Å². The van der Waals surface area contributed by atoms with Crippen molar-refractivity contribution in [3.63, 3.8) is 0 Å². The quantitative estimate of drug-likeness (QED) is 0.737. The summed E-state index contributed by atoms with van der Waals surface area (Å²) >= 11 is -0.219. The third-order valence-electron chi connectivity index (χ3n) is 2.26. The molecule has 1 aromatic carbocycles. The molecule has 0 fully saturated rings. The van der Waals surface area contributed by atoms with E-state index in [1.807, 2.05) is 6.92 Å². The van der Waals surface area contributed by atoms with Gasteiger partial charge in [0.15, 0.2) is 0 Å². The second kappa shape index (κ2) is 8.02. The summed E-state index contributed by atoms with van der Waals surface area (Å²) in [6.45, 7) is 2.12. The lowest BCUT2D eigenvalue weighted by molar-refractivity contribution is -0.0329. The smallest absolute Gasteiger partial charge is 0.441 e. The molecular weight excluding hydrogens is 309 g/mol. The molecule has 0 aliphatic carbocycles. The van der Waals surface area contributed by atoms with E-state index < -0.39 is 11.5 Å².